The lowest BCUT2D eigenvalue weighted by molar-refractivity contribution is 0.0692. The number of benzene rings is 1. The van der Waals surface area contributed by atoms with Gasteiger partial charge in [0, 0.05) is 18.3 Å². The van der Waals surface area contributed by atoms with Crippen LogP contribution in [-0.2, 0) is 0 Å². The predicted molar refractivity (Wildman–Crippen MR) is 64.2 cm³/mol. The fraction of sp³-hybridized carbons (Fsp3) is 0.0769. The summed E-state index contributed by atoms with van der Waals surface area (Å²) in [7, 11) is 1.47. The Bertz CT molecular complexity index is 615. The molecule has 0 amide bonds. The Morgan fingerprint density at radius 2 is 2.00 bits per heavy atom. The molecule has 0 aliphatic heterocycles. The van der Waals surface area contributed by atoms with Gasteiger partial charge < -0.3 is 14.6 Å². The van der Waals surface area contributed by atoms with E-state index in [9.17, 15) is 9.18 Å². The molecule has 1 aromatic carbocycles. The molecular formula is C13H10FNO4. The molecule has 1 N–H and O–H groups in total. The van der Waals surface area contributed by atoms with Crippen LogP contribution in [0.5, 0.6) is 17.4 Å². The number of pyridine rings is 1. The Kier molecular flexibility index (Phi) is 3.61. The summed E-state index contributed by atoms with van der Waals surface area (Å²) < 4.78 is 23.8. The Labute approximate surface area is 108 Å². The van der Waals surface area contributed by atoms with Gasteiger partial charge in [-0.3, -0.25) is 0 Å². The average Bonchev–Trinajstić information content (AvgIpc) is 2.38. The van der Waals surface area contributed by atoms with E-state index in [0.717, 1.165) is 12.1 Å². The summed E-state index contributed by atoms with van der Waals surface area (Å²) in [5, 5.41) is 8.71. The highest BCUT2D eigenvalue weighted by molar-refractivity contribution is 5.88. The van der Waals surface area contributed by atoms with E-state index in [2.05, 4.69) is 4.98 Å². The van der Waals surface area contributed by atoms with E-state index >= 15 is 0 Å². The van der Waals surface area contributed by atoms with Crippen LogP contribution in [0, 0.1) is 5.82 Å². The number of ether oxygens (including phenoxy) is 2. The summed E-state index contributed by atoms with van der Waals surface area (Å²) in [5.41, 5.74) is -0.403. The zero-order valence-corrected chi connectivity index (χ0v) is 9.96. The first-order valence-electron chi connectivity index (χ1n) is 5.31. The number of carboxylic acid groups (broad SMARTS) is 1. The van der Waals surface area contributed by atoms with Crippen molar-refractivity contribution in [2.75, 3.05) is 7.11 Å². The second-order valence-electron chi connectivity index (χ2n) is 3.58. The molecule has 98 valence electrons. The van der Waals surface area contributed by atoms with Gasteiger partial charge in [0.05, 0.1) is 12.7 Å². The van der Waals surface area contributed by atoms with Crippen LogP contribution >= 0.6 is 0 Å². The maximum atomic E-state index is 13.5. The third-order valence-corrected chi connectivity index (χ3v) is 2.32. The first kappa shape index (κ1) is 12.8. The number of aromatic nitrogens is 1. The molecule has 0 fully saturated rings. The zero-order valence-electron chi connectivity index (χ0n) is 9.96. The lowest BCUT2D eigenvalue weighted by Gasteiger charge is -2.07. The average molecular weight is 263 g/mol. The van der Waals surface area contributed by atoms with Crippen LogP contribution in [0.4, 0.5) is 4.39 Å². The second-order valence-corrected chi connectivity index (χ2v) is 3.58. The maximum absolute atomic E-state index is 13.5. The Hall–Kier alpha value is -2.63. The van der Waals surface area contributed by atoms with Gasteiger partial charge in [-0.1, -0.05) is 0 Å². The molecule has 0 saturated heterocycles. The highest BCUT2D eigenvalue weighted by Gasteiger charge is 2.11. The molecule has 0 aliphatic carbocycles. The number of nitrogens with zero attached hydrogens (tertiary/aromatic N) is 1. The van der Waals surface area contributed by atoms with Gasteiger partial charge in [-0.2, -0.15) is 0 Å². The molecule has 5 nitrogen and oxygen atoms in total. The van der Waals surface area contributed by atoms with E-state index in [1.165, 1.54) is 25.4 Å². The third-order valence-electron chi connectivity index (χ3n) is 2.32. The molecule has 0 spiro atoms. The topological polar surface area (TPSA) is 68.7 Å². The summed E-state index contributed by atoms with van der Waals surface area (Å²) >= 11 is 0. The zero-order chi connectivity index (χ0) is 13.8. The maximum Gasteiger partial charge on any atom is 0.338 e. The molecule has 1 aromatic heterocycles. The van der Waals surface area contributed by atoms with Crippen LogP contribution < -0.4 is 9.47 Å². The molecule has 1 heterocycles. The molecule has 0 bridgehead atoms. The van der Waals surface area contributed by atoms with Crippen molar-refractivity contribution in [3.63, 3.8) is 0 Å². The van der Waals surface area contributed by atoms with Gasteiger partial charge in [0.15, 0.2) is 0 Å². The normalized spacial score (nSPS) is 10.0. The van der Waals surface area contributed by atoms with Crippen molar-refractivity contribution in [2.45, 2.75) is 0 Å². The smallest absolute Gasteiger partial charge is 0.338 e. The molecule has 0 unspecified atom stereocenters. The van der Waals surface area contributed by atoms with Gasteiger partial charge >= 0.3 is 5.97 Å². The molecule has 2 aromatic rings. The second kappa shape index (κ2) is 5.34. The number of hydrogen-bond acceptors (Lipinski definition) is 4. The monoisotopic (exact) mass is 263 g/mol. The van der Waals surface area contributed by atoms with Gasteiger partial charge in [-0.25, -0.2) is 14.2 Å². The molecule has 19 heavy (non-hydrogen) atoms. The van der Waals surface area contributed by atoms with E-state index < -0.39 is 17.3 Å². The van der Waals surface area contributed by atoms with Gasteiger partial charge in [0.2, 0.25) is 5.88 Å². The van der Waals surface area contributed by atoms with Crippen LogP contribution in [0.2, 0.25) is 0 Å². The predicted octanol–water partition coefficient (Wildman–Crippen LogP) is 2.72. The number of halogens is 1. The van der Waals surface area contributed by atoms with Crippen molar-refractivity contribution in [1.29, 1.82) is 0 Å². The summed E-state index contributed by atoms with van der Waals surface area (Å²) in [5.74, 6) is -1.22. The Balaban J connectivity index is 2.23. The van der Waals surface area contributed by atoms with Crippen LogP contribution in [0.3, 0.4) is 0 Å². The molecule has 2 rings (SSSR count). The van der Waals surface area contributed by atoms with Crippen molar-refractivity contribution in [2.24, 2.45) is 0 Å². The number of aromatic carboxylic acids is 1. The summed E-state index contributed by atoms with van der Waals surface area (Å²) in [6, 6.07) is 6.63. The van der Waals surface area contributed by atoms with Gasteiger partial charge in [-0.15, -0.1) is 0 Å². The van der Waals surface area contributed by atoms with Crippen LogP contribution in [0.1, 0.15) is 10.4 Å². The van der Waals surface area contributed by atoms with Crippen molar-refractivity contribution in [3.8, 4) is 17.4 Å². The van der Waals surface area contributed by atoms with Gasteiger partial charge in [0.1, 0.15) is 17.3 Å². The number of methoxy groups -OCH3 is 1. The van der Waals surface area contributed by atoms with Crippen molar-refractivity contribution < 1.29 is 23.8 Å². The van der Waals surface area contributed by atoms with Crippen molar-refractivity contribution in [3.05, 3.63) is 47.9 Å². The van der Waals surface area contributed by atoms with Crippen molar-refractivity contribution in [1.82, 2.24) is 4.98 Å². The first-order chi connectivity index (χ1) is 9.10. The number of rotatable bonds is 4. The minimum absolute atomic E-state index is 0.191. The Morgan fingerprint density at radius 3 is 2.63 bits per heavy atom. The summed E-state index contributed by atoms with van der Waals surface area (Å²) in [6.07, 6.45) is 1.48. The van der Waals surface area contributed by atoms with E-state index in [1.54, 1.807) is 6.07 Å². The molecule has 0 saturated carbocycles. The highest BCUT2D eigenvalue weighted by Crippen LogP contribution is 2.25. The van der Waals surface area contributed by atoms with E-state index in [4.69, 9.17) is 14.6 Å². The third kappa shape index (κ3) is 2.98. The van der Waals surface area contributed by atoms with E-state index in [0.29, 0.717) is 11.6 Å². The van der Waals surface area contributed by atoms with Crippen LogP contribution in [-0.4, -0.2) is 23.2 Å². The SMILES string of the molecule is COc1cc(Oc2ccc(C(=O)O)c(F)c2)ccn1. The van der Waals surface area contributed by atoms with Gasteiger partial charge in [-0.05, 0) is 18.2 Å². The molecule has 0 radical (unpaired) electrons. The molecule has 0 atom stereocenters. The van der Waals surface area contributed by atoms with Crippen molar-refractivity contribution >= 4 is 5.97 Å². The van der Waals surface area contributed by atoms with Crippen LogP contribution in [0.25, 0.3) is 0 Å². The summed E-state index contributed by atoms with van der Waals surface area (Å²) in [6.45, 7) is 0. The van der Waals surface area contributed by atoms with E-state index in [1.807, 2.05) is 0 Å². The largest absolute Gasteiger partial charge is 0.481 e. The lowest BCUT2D eigenvalue weighted by Crippen LogP contribution is -2.00. The molecular weight excluding hydrogens is 253 g/mol. The first-order valence-corrected chi connectivity index (χ1v) is 5.31. The molecule has 0 aliphatic rings. The lowest BCUT2D eigenvalue weighted by atomic mass is 10.2. The number of carboxylic acids is 1. The fourth-order valence-corrected chi connectivity index (χ4v) is 1.44. The number of carbonyl (C=O) groups is 1. The Morgan fingerprint density at radius 1 is 1.26 bits per heavy atom. The minimum atomic E-state index is -1.32. The quantitative estimate of drug-likeness (QED) is 0.918. The minimum Gasteiger partial charge on any atom is -0.481 e. The van der Waals surface area contributed by atoms with Crippen LogP contribution in [0.15, 0.2) is 36.5 Å². The highest BCUT2D eigenvalue weighted by atomic mass is 19.1. The fourth-order valence-electron chi connectivity index (χ4n) is 1.44. The molecule has 6 heteroatoms. The van der Waals surface area contributed by atoms with Gasteiger partial charge in [0.25, 0.3) is 0 Å². The number of hydrogen-bond donors (Lipinski definition) is 1. The standard InChI is InChI=1S/C13H10FNO4/c1-18-12-7-9(4-5-15-12)19-8-2-3-10(13(16)17)11(14)6-8/h2-7H,1H3,(H,16,17). The van der Waals surface area contributed by atoms with E-state index in [-0.39, 0.29) is 5.75 Å². The summed E-state index contributed by atoms with van der Waals surface area (Å²) in [4.78, 5) is 14.6.